The van der Waals surface area contributed by atoms with E-state index in [4.69, 9.17) is 4.74 Å². The molecule has 7 heteroatoms. The number of fused-ring (bicyclic) bond motifs is 1. The third-order valence-corrected chi connectivity index (χ3v) is 2.41. The van der Waals surface area contributed by atoms with Crippen LogP contribution in [0.4, 0.5) is 20.6 Å². The molecular formula is C13H16FN3O3. The Bertz CT molecular complexity index is 567. The molecule has 0 unspecified atom stereocenters. The molecule has 0 bridgehead atoms. The Morgan fingerprint density at radius 2 is 2.10 bits per heavy atom. The van der Waals surface area contributed by atoms with Gasteiger partial charge < -0.3 is 20.7 Å². The zero-order valence-electron chi connectivity index (χ0n) is 11.5. The van der Waals surface area contributed by atoms with Crippen LogP contribution < -0.4 is 20.7 Å². The van der Waals surface area contributed by atoms with E-state index in [1.54, 1.807) is 0 Å². The third-order valence-electron chi connectivity index (χ3n) is 2.41. The first kappa shape index (κ1) is 14.1. The highest BCUT2D eigenvalue weighted by atomic mass is 19.1. The molecule has 108 valence electrons. The van der Waals surface area contributed by atoms with Crippen molar-refractivity contribution in [1.29, 1.82) is 0 Å². The van der Waals surface area contributed by atoms with Crippen LogP contribution in [0, 0.1) is 5.82 Å². The summed E-state index contributed by atoms with van der Waals surface area (Å²) in [6.45, 7) is 5.30. The van der Waals surface area contributed by atoms with Gasteiger partial charge in [-0.05, 0) is 20.8 Å². The number of hydrogen-bond donors (Lipinski definition) is 3. The summed E-state index contributed by atoms with van der Waals surface area (Å²) >= 11 is 0. The number of benzene rings is 1. The van der Waals surface area contributed by atoms with E-state index in [9.17, 15) is 14.0 Å². The Labute approximate surface area is 115 Å². The predicted molar refractivity (Wildman–Crippen MR) is 72.4 cm³/mol. The quantitative estimate of drug-likeness (QED) is 0.737. The second-order valence-electron chi connectivity index (χ2n) is 5.50. The van der Waals surface area contributed by atoms with E-state index < -0.39 is 17.4 Å². The van der Waals surface area contributed by atoms with Crippen molar-refractivity contribution in [2.75, 3.05) is 17.2 Å². The van der Waals surface area contributed by atoms with Gasteiger partial charge in [-0.1, -0.05) is 0 Å². The molecule has 1 aromatic carbocycles. The third kappa shape index (κ3) is 3.37. The zero-order valence-corrected chi connectivity index (χ0v) is 11.5. The van der Waals surface area contributed by atoms with Crippen molar-refractivity contribution in [2.24, 2.45) is 0 Å². The van der Waals surface area contributed by atoms with Gasteiger partial charge in [-0.15, -0.1) is 0 Å². The Morgan fingerprint density at radius 1 is 1.40 bits per heavy atom. The first-order valence-corrected chi connectivity index (χ1v) is 6.10. The highest BCUT2D eigenvalue weighted by Crippen LogP contribution is 2.36. The van der Waals surface area contributed by atoms with Gasteiger partial charge in [-0.25, -0.2) is 9.18 Å². The number of carbonyl (C=O) groups excluding carboxylic acids is 2. The van der Waals surface area contributed by atoms with E-state index in [0.29, 0.717) is 0 Å². The molecule has 0 aromatic heterocycles. The van der Waals surface area contributed by atoms with Gasteiger partial charge in [0.15, 0.2) is 12.4 Å². The average molecular weight is 281 g/mol. The number of rotatable bonds is 1. The molecule has 1 heterocycles. The molecule has 6 nitrogen and oxygen atoms in total. The summed E-state index contributed by atoms with van der Waals surface area (Å²) in [5.41, 5.74) is -0.0546. The van der Waals surface area contributed by atoms with Crippen LogP contribution in [0.2, 0.25) is 0 Å². The van der Waals surface area contributed by atoms with E-state index in [1.807, 2.05) is 20.8 Å². The van der Waals surface area contributed by atoms with Crippen molar-refractivity contribution in [3.8, 4) is 5.75 Å². The molecule has 1 aromatic rings. The Hall–Kier alpha value is -2.31. The van der Waals surface area contributed by atoms with Gasteiger partial charge in [-0.3, -0.25) is 4.79 Å². The summed E-state index contributed by atoms with van der Waals surface area (Å²) in [6.07, 6.45) is 0. The number of carbonyl (C=O) groups is 2. The van der Waals surface area contributed by atoms with Crippen molar-refractivity contribution in [2.45, 2.75) is 26.3 Å². The van der Waals surface area contributed by atoms with Gasteiger partial charge in [0.25, 0.3) is 5.91 Å². The van der Waals surface area contributed by atoms with Crippen molar-refractivity contribution < 1.29 is 18.7 Å². The molecule has 2 rings (SSSR count). The van der Waals surface area contributed by atoms with Crippen LogP contribution in [0.3, 0.4) is 0 Å². The molecule has 0 spiro atoms. The van der Waals surface area contributed by atoms with Gasteiger partial charge in [-0.2, -0.15) is 0 Å². The van der Waals surface area contributed by atoms with Crippen LogP contribution in [-0.4, -0.2) is 24.1 Å². The largest absolute Gasteiger partial charge is 0.479 e. The number of ether oxygens (including phenoxy) is 1. The molecule has 0 atom stereocenters. The first-order valence-electron chi connectivity index (χ1n) is 6.10. The molecule has 1 aliphatic rings. The fourth-order valence-corrected chi connectivity index (χ4v) is 1.75. The maximum absolute atomic E-state index is 13.5. The minimum Gasteiger partial charge on any atom is -0.479 e. The summed E-state index contributed by atoms with van der Waals surface area (Å²) < 4.78 is 18.7. The molecule has 0 fully saturated rings. The summed E-state index contributed by atoms with van der Waals surface area (Å²) in [5, 5.41) is 7.69. The number of anilines is 2. The summed E-state index contributed by atoms with van der Waals surface area (Å²) in [7, 11) is 0. The van der Waals surface area contributed by atoms with Crippen LogP contribution in [0.15, 0.2) is 12.1 Å². The lowest BCUT2D eigenvalue weighted by Gasteiger charge is -2.23. The predicted octanol–water partition coefficient (Wildman–Crippen LogP) is 2.08. The normalized spacial score (nSPS) is 13.9. The highest BCUT2D eigenvalue weighted by Gasteiger charge is 2.22. The first-order chi connectivity index (χ1) is 9.24. The van der Waals surface area contributed by atoms with Gasteiger partial charge in [0.05, 0.1) is 11.4 Å². The maximum Gasteiger partial charge on any atom is 0.319 e. The number of nitrogens with one attached hydrogen (secondary N) is 3. The van der Waals surface area contributed by atoms with Crippen LogP contribution >= 0.6 is 0 Å². The van der Waals surface area contributed by atoms with Crippen LogP contribution in [-0.2, 0) is 4.79 Å². The molecule has 3 amide bonds. The fourth-order valence-electron chi connectivity index (χ4n) is 1.75. The van der Waals surface area contributed by atoms with Crippen molar-refractivity contribution in [1.82, 2.24) is 5.32 Å². The van der Waals surface area contributed by atoms with Crippen molar-refractivity contribution >= 4 is 23.3 Å². The van der Waals surface area contributed by atoms with Crippen molar-refractivity contribution in [3.63, 3.8) is 0 Å². The molecule has 0 radical (unpaired) electrons. The van der Waals surface area contributed by atoms with Crippen LogP contribution in [0.25, 0.3) is 0 Å². The SMILES string of the molecule is CC(C)(C)NC(=O)Nc1cc(F)cc2c1OCC(=O)N2. The van der Waals surface area contributed by atoms with Gasteiger partial charge >= 0.3 is 6.03 Å². The molecular weight excluding hydrogens is 265 g/mol. The topological polar surface area (TPSA) is 79.5 Å². The lowest BCUT2D eigenvalue weighted by Crippen LogP contribution is -2.43. The second kappa shape index (κ2) is 4.99. The summed E-state index contributed by atoms with van der Waals surface area (Å²) in [5.74, 6) is -0.705. The lowest BCUT2D eigenvalue weighted by atomic mass is 10.1. The molecule has 3 N–H and O–H groups in total. The Balaban J connectivity index is 2.24. The monoisotopic (exact) mass is 281 g/mol. The van der Waals surface area contributed by atoms with Crippen LogP contribution in [0.1, 0.15) is 20.8 Å². The number of halogens is 1. The number of amides is 3. The van der Waals surface area contributed by atoms with Gasteiger partial charge in [0.2, 0.25) is 0 Å². The number of urea groups is 1. The maximum atomic E-state index is 13.5. The summed E-state index contributed by atoms with van der Waals surface area (Å²) in [6, 6.07) is 1.79. The van der Waals surface area contributed by atoms with E-state index >= 15 is 0 Å². The summed E-state index contributed by atoms with van der Waals surface area (Å²) in [4.78, 5) is 23.0. The van der Waals surface area contributed by atoms with Crippen molar-refractivity contribution in [3.05, 3.63) is 17.9 Å². The number of hydrogen-bond acceptors (Lipinski definition) is 3. The minimum atomic E-state index is -0.583. The fraction of sp³-hybridized carbons (Fsp3) is 0.385. The molecule has 0 saturated carbocycles. The van der Waals surface area contributed by atoms with E-state index in [1.165, 1.54) is 0 Å². The van der Waals surface area contributed by atoms with E-state index in [-0.39, 0.29) is 29.6 Å². The second-order valence-corrected chi connectivity index (χ2v) is 5.50. The highest BCUT2D eigenvalue weighted by molar-refractivity contribution is 5.99. The van der Waals surface area contributed by atoms with Gasteiger partial charge in [0, 0.05) is 17.7 Å². The molecule has 0 saturated heterocycles. The zero-order chi connectivity index (χ0) is 14.9. The molecule has 1 aliphatic heterocycles. The van der Waals surface area contributed by atoms with E-state index in [0.717, 1.165) is 12.1 Å². The minimum absolute atomic E-state index is 0.168. The Kier molecular flexibility index (Phi) is 3.52. The standard InChI is InChI=1S/C13H16FN3O3/c1-13(2,3)17-12(19)16-9-5-7(14)4-8-11(9)20-6-10(18)15-8/h4-5H,6H2,1-3H3,(H,15,18)(H2,16,17,19). The average Bonchev–Trinajstić information content (AvgIpc) is 2.24. The Morgan fingerprint density at radius 3 is 2.75 bits per heavy atom. The molecule has 0 aliphatic carbocycles. The van der Waals surface area contributed by atoms with E-state index in [2.05, 4.69) is 16.0 Å². The van der Waals surface area contributed by atoms with Gasteiger partial charge in [0.1, 0.15) is 5.82 Å². The smallest absolute Gasteiger partial charge is 0.319 e. The van der Waals surface area contributed by atoms with Crippen LogP contribution in [0.5, 0.6) is 5.75 Å². The lowest BCUT2D eigenvalue weighted by molar-refractivity contribution is -0.118. The molecule has 20 heavy (non-hydrogen) atoms.